The van der Waals surface area contributed by atoms with Crippen LogP contribution in [-0.2, 0) is 9.63 Å². The van der Waals surface area contributed by atoms with Gasteiger partial charge in [0.1, 0.15) is 0 Å². The summed E-state index contributed by atoms with van der Waals surface area (Å²) in [6, 6.07) is 5.00. The van der Waals surface area contributed by atoms with E-state index < -0.39 is 0 Å². The molecule has 2 rings (SSSR count). The van der Waals surface area contributed by atoms with Crippen molar-refractivity contribution in [2.75, 3.05) is 14.2 Å². The smallest absolute Gasteiger partial charge is 0.258 e. The summed E-state index contributed by atoms with van der Waals surface area (Å²) in [7, 11) is 3.01. The van der Waals surface area contributed by atoms with E-state index in [0.29, 0.717) is 16.5 Å². The Bertz CT molecular complexity index is 686. The zero-order chi connectivity index (χ0) is 13.1. The fraction of sp³-hybridized carbons (Fsp3) is 0.167. The van der Waals surface area contributed by atoms with Gasteiger partial charge in [-0.3, -0.25) is 9.63 Å². The number of nitrogens with one attached hydrogen (secondary N) is 1. The number of fused-ring (bicyclic) bond motifs is 1. The van der Waals surface area contributed by atoms with Crippen molar-refractivity contribution in [3.05, 3.63) is 40.4 Å². The van der Waals surface area contributed by atoms with Gasteiger partial charge in [-0.15, -0.1) is 0 Å². The zero-order valence-electron chi connectivity index (χ0n) is 9.93. The molecule has 0 amide bonds. The van der Waals surface area contributed by atoms with Crippen molar-refractivity contribution in [2.45, 2.75) is 0 Å². The summed E-state index contributed by atoms with van der Waals surface area (Å²) in [6.45, 7) is 0. The monoisotopic (exact) mass is 245 g/mol. The molecule has 6 nitrogen and oxygen atoms in total. The van der Waals surface area contributed by atoms with Crippen LogP contribution in [0.15, 0.2) is 29.3 Å². The van der Waals surface area contributed by atoms with Gasteiger partial charge in [0.05, 0.1) is 24.3 Å². The summed E-state index contributed by atoms with van der Waals surface area (Å²) in [6.07, 6.45) is 1.30. The van der Waals surface area contributed by atoms with Gasteiger partial charge in [0.25, 0.3) is 5.56 Å². The average molecular weight is 245 g/mol. The van der Waals surface area contributed by atoms with E-state index in [-0.39, 0.29) is 11.3 Å². The van der Waals surface area contributed by atoms with E-state index in [1.165, 1.54) is 18.5 Å². The fourth-order valence-electron chi connectivity index (χ4n) is 1.67. The molecule has 0 atom stereocenters. The minimum atomic E-state index is -0.257. The Morgan fingerprint density at radius 3 is 2.94 bits per heavy atom. The van der Waals surface area contributed by atoms with E-state index in [1.54, 1.807) is 31.2 Å². The first-order valence-electron chi connectivity index (χ1n) is 5.18. The molecule has 0 fully saturated rings. The maximum Gasteiger partial charge on any atom is 0.258 e. The van der Waals surface area contributed by atoms with Crippen molar-refractivity contribution in [1.82, 2.24) is 15.0 Å². The second kappa shape index (κ2) is 4.83. The van der Waals surface area contributed by atoms with Gasteiger partial charge >= 0.3 is 0 Å². The standard InChI is InChI=1S/C12H11N3O3/c1-15(18-2)10(6-16)8-4-3-5-9-11(8)13-7-14-12(9)17/h3-5,7H,1-2H3,(H,13,14,17). The lowest BCUT2D eigenvalue weighted by Gasteiger charge is -2.17. The molecule has 1 heterocycles. The highest BCUT2D eigenvalue weighted by Crippen LogP contribution is 2.21. The second-order valence-corrected chi connectivity index (χ2v) is 3.56. The Balaban J connectivity index is 2.76. The van der Waals surface area contributed by atoms with Gasteiger partial charge in [-0.1, -0.05) is 6.07 Å². The third-order valence-corrected chi connectivity index (χ3v) is 2.61. The molecule has 0 unspecified atom stereocenters. The van der Waals surface area contributed by atoms with Gasteiger partial charge in [-0.2, -0.15) is 0 Å². The van der Waals surface area contributed by atoms with Crippen LogP contribution >= 0.6 is 0 Å². The van der Waals surface area contributed by atoms with Crippen molar-refractivity contribution in [3.63, 3.8) is 0 Å². The molecule has 0 bridgehead atoms. The van der Waals surface area contributed by atoms with E-state index >= 15 is 0 Å². The molecule has 0 aliphatic carbocycles. The summed E-state index contributed by atoms with van der Waals surface area (Å²) in [5.41, 5.74) is 0.856. The summed E-state index contributed by atoms with van der Waals surface area (Å²) in [5, 5.41) is 1.68. The number of para-hydroxylation sites is 1. The molecule has 2 aromatic rings. The Labute approximate surface area is 102 Å². The van der Waals surface area contributed by atoms with Gasteiger partial charge in [0, 0.05) is 12.6 Å². The second-order valence-electron chi connectivity index (χ2n) is 3.56. The van der Waals surface area contributed by atoms with Crippen LogP contribution < -0.4 is 5.56 Å². The fourth-order valence-corrected chi connectivity index (χ4v) is 1.67. The molecular weight excluding hydrogens is 234 g/mol. The SMILES string of the molecule is CON(C)C(=C=O)c1cccc2c(=O)[nH]cnc12. The molecule has 6 heteroatoms. The molecule has 0 aliphatic heterocycles. The summed E-state index contributed by atoms with van der Waals surface area (Å²) in [4.78, 5) is 34.2. The number of hydrogen-bond acceptors (Lipinski definition) is 5. The highest BCUT2D eigenvalue weighted by atomic mass is 16.7. The van der Waals surface area contributed by atoms with Gasteiger partial charge in [-0.25, -0.2) is 14.8 Å². The Kier molecular flexibility index (Phi) is 3.23. The van der Waals surface area contributed by atoms with E-state index in [0.717, 1.165) is 0 Å². The quantitative estimate of drug-likeness (QED) is 0.632. The number of carbonyl (C=O) groups excluding carboxylic acids is 1. The van der Waals surface area contributed by atoms with Crippen molar-refractivity contribution < 1.29 is 9.63 Å². The molecule has 0 aliphatic rings. The molecule has 0 spiro atoms. The number of nitrogens with zero attached hydrogens (tertiary/aromatic N) is 2. The molecule has 1 aromatic carbocycles. The molecule has 1 aromatic heterocycles. The number of aromatic nitrogens is 2. The van der Waals surface area contributed by atoms with Gasteiger partial charge in [-0.05, 0) is 12.1 Å². The van der Waals surface area contributed by atoms with E-state index in [1.807, 2.05) is 0 Å². The maximum absolute atomic E-state index is 11.6. The maximum atomic E-state index is 11.6. The predicted octanol–water partition coefficient (Wildman–Crippen LogP) is 0.589. The largest absolute Gasteiger partial charge is 0.313 e. The molecule has 0 saturated carbocycles. The first-order chi connectivity index (χ1) is 8.69. The first-order valence-corrected chi connectivity index (χ1v) is 5.18. The number of hydrogen-bond donors (Lipinski definition) is 1. The topological polar surface area (TPSA) is 75.3 Å². The lowest BCUT2D eigenvalue weighted by Crippen LogP contribution is -2.16. The first kappa shape index (κ1) is 12.0. The average Bonchev–Trinajstić information content (AvgIpc) is 2.40. The lowest BCUT2D eigenvalue weighted by molar-refractivity contribution is -0.0517. The zero-order valence-corrected chi connectivity index (χ0v) is 9.93. The van der Waals surface area contributed by atoms with Crippen LogP contribution in [0, 0.1) is 0 Å². The Morgan fingerprint density at radius 2 is 2.28 bits per heavy atom. The van der Waals surface area contributed by atoms with Gasteiger partial charge in [0.2, 0.25) is 0 Å². The number of benzene rings is 1. The Hall–Kier alpha value is -2.43. The minimum absolute atomic E-state index is 0.182. The van der Waals surface area contributed by atoms with E-state index in [4.69, 9.17) is 4.84 Å². The van der Waals surface area contributed by atoms with Crippen LogP contribution in [0.3, 0.4) is 0 Å². The summed E-state index contributed by atoms with van der Waals surface area (Å²) in [5.74, 6) is 1.80. The van der Waals surface area contributed by atoms with Crippen LogP contribution in [0.5, 0.6) is 0 Å². The number of aromatic amines is 1. The van der Waals surface area contributed by atoms with E-state index in [9.17, 15) is 9.59 Å². The summed E-state index contributed by atoms with van der Waals surface area (Å²) < 4.78 is 0. The van der Waals surface area contributed by atoms with Crippen molar-refractivity contribution >= 4 is 22.5 Å². The molecule has 18 heavy (non-hydrogen) atoms. The summed E-state index contributed by atoms with van der Waals surface area (Å²) >= 11 is 0. The van der Waals surface area contributed by atoms with Crippen LogP contribution in [0.25, 0.3) is 16.6 Å². The third-order valence-electron chi connectivity index (χ3n) is 2.61. The van der Waals surface area contributed by atoms with E-state index in [2.05, 4.69) is 9.97 Å². The number of H-pyrrole nitrogens is 1. The molecular formula is C12H11N3O3. The van der Waals surface area contributed by atoms with Crippen LogP contribution in [0.4, 0.5) is 0 Å². The van der Waals surface area contributed by atoms with Crippen LogP contribution in [0.2, 0.25) is 0 Å². The predicted molar refractivity (Wildman–Crippen MR) is 66.2 cm³/mol. The van der Waals surface area contributed by atoms with Crippen molar-refractivity contribution in [1.29, 1.82) is 0 Å². The normalized spacial score (nSPS) is 10.1. The van der Waals surface area contributed by atoms with Crippen molar-refractivity contribution in [2.24, 2.45) is 0 Å². The van der Waals surface area contributed by atoms with Gasteiger partial charge in [0.15, 0.2) is 11.6 Å². The highest BCUT2D eigenvalue weighted by Gasteiger charge is 2.14. The highest BCUT2D eigenvalue weighted by molar-refractivity contribution is 5.97. The van der Waals surface area contributed by atoms with Crippen LogP contribution in [0.1, 0.15) is 5.56 Å². The van der Waals surface area contributed by atoms with Crippen LogP contribution in [-0.4, -0.2) is 35.1 Å². The minimum Gasteiger partial charge on any atom is -0.313 e. The molecule has 0 radical (unpaired) electrons. The number of rotatable bonds is 3. The molecule has 92 valence electrons. The Morgan fingerprint density at radius 1 is 1.50 bits per heavy atom. The van der Waals surface area contributed by atoms with Crippen molar-refractivity contribution in [3.8, 4) is 0 Å². The lowest BCUT2D eigenvalue weighted by atomic mass is 10.1. The van der Waals surface area contributed by atoms with Gasteiger partial charge < -0.3 is 4.98 Å². The third kappa shape index (κ3) is 1.90. The number of hydroxylamine groups is 2. The molecule has 0 saturated heterocycles. The molecule has 1 N–H and O–H groups in total.